The Bertz CT molecular complexity index is 263. The van der Waals surface area contributed by atoms with Crippen LogP contribution >= 0.6 is 0 Å². The van der Waals surface area contributed by atoms with Crippen molar-refractivity contribution >= 4 is 0 Å². The van der Waals surface area contributed by atoms with E-state index in [1.54, 1.807) is 12.3 Å². The fourth-order valence-corrected chi connectivity index (χ4v) is 0.645. The molecule has 0 aliphatic rings. The smallest absolute Gasteiger partial charge is 0.248 e. The molecule has 0 amide bonds. The van der Waals surface area contributed by atoms with Crippen LogP contribution in [0.1, 0.15) is 38.8 Å². The van der Waals surface area contributed by atoms with Crippen molar-refractivity contribution in [3.05, 3.63) is 33.7 Å². The van der Waals surface area contributed by atoms with Crippen LogP contribution in [0, 0.1) is 13.8 Å². The van der Waals surface area contributed by atoms with Crippen molar-refractivity contribution < 1.29 is 0 Å². The highest BCUT2D eigenvalue weighted by Gasteiger charge is 1.89. The third-order valence-corrected chi connectivity index (χ3v) is 1.40. The van der Waals surface area contributed by atoms with Gasteiger partial charge in [-0.15, -0.1) is 0 Å². The van der Waals surface area contributed by atoms with E-state index in [4.69, 9.17) is 0 Å². The summed E-state index contributed by atoms with van der Waals surface area (Å²) in [7, 11) is 0. The maximum Gasteiger partial charge on any atom is 0.248 e. The van der Waals surface area contributed by atoms with Crippen LogP contribution in [0.2, 0.25) is 0 Å². The number of aromatic amines is 1. The van der Waals surface area contributed by atoms with E-state index in [-0.39, 0.29) is 5.56 Å². The number of H-pyrrole nitrogens is 1. The van der Waals surface area contributed by atoms with Crippen molar-refractivity contribution in [1.29, 1.82) is 0 Å². The third-order valence-electron chi connectivity index (χ3n) is 1.40. The molecule has 0 radical (unpaired) electrons. The standard InChI is InChI=1S/C7H9NO.2C2H6/c1-5-3-7(9)8-4-6(5)2;2*1-2/h3-4H,1-2H3,(H,8,9);2*1-2H3. The summed E-state index contributed by atoms with van der Waals surface area (Å²) in [6.07, 6.45) is 1.72. The van der Waals surface area contributed by atoms with Crippen LogP contribution < -0.4 is 5.56 Å². The Morgan fingerprint density at radius 2 is 1.46 bits per heavy atom. The average Bonchev–Trinajstić information content (AvgIpc) is 2.18. The van der Waals surface area contributed by atoms with Crippen LogP contribution in [0.4, 0.5) is 0 Å². The molecule has 1 N–H and O–H groups in total. The van der Waals surface area contributed by atoms with Crippen molar-refractivity contribution in [3.8, 4) is 0 Å². The van der Waals surface area contributed by atoms with Gasteiger partial charge in [0.1, 0.15) is 0 Å². The topological polar surface area (TPSA) is 32.9 Å². The van der Waals surface area contributed by atoms with E-state index in [0.29, 0.717) is 0 Å². The number of rotatable bonds is 0. The lowest BCUT2D eigenvalue weighted by Crippen LogP contribution is -2.03. The van der Waals surface area contributed by atoms with E-state index in [0.717, 1.165) is 11.1 Å². The lowest BCUT2D eigenvalue weighted by molar-refractivity contribution is 1.16. The Kier molecular flexibility index (Phi) is 10.1. The minimum Gasteiger partial charge on any atom is -0.329 e. The SMILES string of the molecule is CC.CC.Cc1c[nH]c(=O)cc1C. The molecule has 0 spiro atoms. The van der Waals surface area contributed by atoms with Gasteiger partial charge in [0.2, 0.25) is 5.56 Å². The number of aryl methyl sites for hydroxylation is 2. The molecular weight excluding hydrogens is 162 g/mol. The summed E-state index contributed by atoms with van der Waals surface area (Å²) >= 11 is 0. The molecule has 0 saturated carbocycles. The zero-order valence-corrected chi connectivity index (χ0v) is 9.56. The predicted octanol–water partition coefficient (Wildman–Crippen LogP) is 3.04. The van der Waals surface area contributed by atoms with Gasteiger partial charge in [-0.3, -0.25) is 4.79 Å². The lowest BCUT2D eigenvalue weighted by Gasteiger charge is -1.93. The molecule has 2 heteroatoms. The summed E-state index contributed by atoms with van der Waals surface area (Å²) in [4.78, 5) is 13.2. The molecule has 2 nitrogen and oxygen atoms in total. The summed E-state index contributed by atoms with van der Waals surface area (Å²) in [5.41, 5.74) is 2.13. The maximum atomic E-state index is 10.6. The van der Waals surface area contributed by atoms with Gasteiger partial charge in [-0.25, -0.2) is 0 Å². The van der Waals surface area contributed by atoms with Gasteiger partial charge in [-0.1, -0.05) is 27.7 Å². The molecule has 76 valence electrons. The monoisotopic (exact) mass is 183 g/mol. The molecule has 0 aliphatic carbocycles. The molecule has 0 aliphatic heterocycles. The van der Waals surface area contributed by atoms with Crippen LogP contribution in [-0.2, 0) is 0 Å². The molecule has 0 atom stereocenters. The molecule has 1 rings (SSSR count). The fraction of sp³-hybridized carbons (Fsp3) is 0.545. The van der Waals surface area contributed by atoms with E-state index in [2.05, 4.69) is 4.98 Å². The summed E-state index contributed by atoms with van der Waals surface area (Å²) in [6.45, 7) is 11.9. The minimum absolute atomic E-state index is 0.0295. The van der Waals surface area contributed by atoms with Crippen LogP contribution in [0.5, 0.6) is 0 Å². The van der Waals surface area contributed by atoms with E-state index in [1.165, 1.54) is 0 Å². The number of hydrogen-bond acceptors (Lipinski definition) is 1. The zero-order chi connectivity index (χ0) is 10.9. The molecule has 1 aromatic rings. The van der Waals surface area contributed by atoms with Gasteiger partial charge in [0.05, 0.1) is 0 Å². The summed E-state index contributed by atoms with van der Waals surface area (Å²) in [5.74, 6) is 0. The second kappa shape index (κ2) is 9.04. The Morgan fingerprint density at radius 1 is 1.00 bits per heavy atom. The van der Waals surface area contributed by atoms with Crippen LogP contribution in [-0.4, -0.2) is 4.98 Å². The highest BCUT2D eigenvalue weighted by Crippen LogP contribution is 1.97. The Hall–Kier alpha value is -1.05. The molecule has 0 saturated heterocycles. The van der Waals surface area contributed by atoms with Gasteiger partial charge in [0, 0.05) is 12.3 Å². The van der Waals surface area contributed by atoms with Crippen molar-refractivity contribution in [2.75, 3.05) is 0 Å². The summed E-state index contributed by atoms with van der Waals surface area (Å²) < 4.78 is 0. The molecule has 1 heterocycles. The number of nitrogens with one attached hydrogen (secondary N) is 1. The number of pyridine rings is 1. The molecular formula is C11H21NO. The largest absolute Gasteiger partial charge is 0.329 e. The van der Waals surface area contributed by atoms with Crippen molar-refractivity contribution in [2.45, 2.75) is 41.5 Å². The van der Waals surface area contributed by atoms with E-state index in [9.17, 15) is 4.79 Å². The lowest BCUT2D eigenvalue weighted by atomic mass is 10.2. The minimum atomic E-state index is -0.0295. The maximum absolute atomic E-state index is 10.6. The van der Waals surface area contributed by atoms with Gasteiger partial charge < -0.3 is 4.98 Å². The van der Waals surface area contributed by atoms with Gasteiger partial charge in [0.15, 0.2) is 0 Å². The number of hydrogen-bond donors (Lipinski definition) is 1. The molecule has 0 bridgehead atoms. The van der Waals surface area contributed by atoms with Crippen molar-refractivity contribution in [2.24, 2.45) is 0 Å². The zero-order valence-electron chi connectivity index (χ0n) is 9.56. The Balaban J connectivity index is 0. The first-order chi connectivity index (χ1) is 6.20. The van der Waals surface area contributed by atoms with Crippen molar-refractivity contribution in [3.63, 3.8) is 0 Å². The normalized spacial score (nSPS) is 7.54. The first-order valence-electron chi connectivity index (χ1n) is 4.86. The quantitative estimate of drug-likeness (QED) is 0.659. The van der Waals surface area contributed by atoms with Crippen LogP contribution in [0.25, 0.3) is 0 Å². The third kappa shape index (κ3) is 6.14. The van der Waals surface area contributed by atoms with Gasteiger partial charge >= 0.3 is 0 Å². The fourth-order valence-electron chi connectivity index (χ4n) is 0.645. The first-order valence-corrected chi connectivity index (χ1v) is 4.86. The Morgan fingerprint density at radius 3 is 1.77 bits per heavy atom. The molecule has 0 fully saturated rings. The average molecular weight is 183 g/mol. The van der Waals surface area contributed by atoms with E-state index in [1.807, 2.05) is 41.5 Å². The van der Waals surface area contributed by atoms with Gasteiger partial charge in [-0.05, 0) is 25.0 Å². The molecule has 0 unspecified atom stereocenters. The molecule has 1 aromatic heterocycles. The van der Waals surface area contributed by atoms with Gasteiger partial charge in [0.25, 0.3) is 0 Å². The molecule has 13 heavy (non-hydrogen) atoms. The second-order valence-corrected chi connectivity index (χ2v) is 2.16. The van der Waals surface area contributed by atoms with Crippen LogP contribution in [0.3, 0.4) is 0 Å². The first kappa shape index (κ1) is 14.5. The van der Waals surface area contributed by atoms with Crippen molar-refractivity contribution in [1.82, 2.24) is 4.98 Å². The molecule has 0 aromatic carbocycles. The van der Waals surface area contributed by atoms with E-state index < -0.39 is 0 Å². The van der Waals surface area contributed by atoms with Crippen LogP contribution in [0.15, 0.2) is 17.1 Å². The summed E-state index contributed by atoms with van der Waals surface area (Å²) in [6, 6.07) is 1.59. The number of aromatic nitrogens is 1. The highest BCUT2D eigenvalue weighted by molar-refractivity contribution is 5.18. The second-order valence-electron chi connectivity index (χ2n) is 2.16. The highest BCUT2D eigenvalue weighted by atomic mass is 16.1. The van der Waals surface area contributed by atoms with E-state index >= 15 is 0 Å². The predicted molar refractivity (Wildman–Crippen MR) is 59.2 cm³/mol. The summed E-state index contributed by atoms with van der Waals surface area (Å²) in [5, 5.41) is 0. The van der Waals surface area contributed by atoms with Gasteiger partial charge in [-0.2, -0.15) is 0 Å². The Labute approximate surface area is 81.0 Å².